The number of carboxylic acids is 1. The van der Waals surface area contributed by atoms with Crippen LogP contribution >= 0.6 is 0 Å². The molecule has 5 heteroatoms. The number of aromatic amines is 1. The number of aromatic nitrogens is 2. The second-order valence-electron chi connectivity index (χ2n) is 6.79. The molecule has 0 radical (unpaired) electrons. The van der Waals surface area contributed by atoms with Crippen LogP contribution in [0.1, 0.15) is 49.0 Å². The molecule has 2 N–H and O–H groups in total. The van der Waals surface area contributed by atoms with Crippen molar-refractivity contribution >= 4 is 5.97 Å². The molecule has 4 saturated carbocycles. The minimum atomic E-state index is -1.06. The molecule has 0 aliphatic heterocycles. The van der Waals surface area contributed by atoms with Gasteiger partial charge in [-0.15, -0.1) is 0 Å². The van der Waals surface area contributed by atoms with E-state index in [0.29, 0.717) is 0 Å². The van der Waals surface area contributed by atoms with E-state index in [-0.39, 0.29) is 16.8 Å². The van der Waals surface area contributed by atoms with E-state index in [1.165, 1.54) is 25.3 Å². The summed E-state index contributed by atoms with van der Waals surface area (Å²) in [6.07, 6.45) is 7.04. The average molecular weight is 262 g/mol. The third-order valence-corrected chi connectivity index (χ3v) is 5.43. The van der Waals surface area contributed by atoms with Gasteiger partial charge in [-0.1, -0.05) is 0 Å². The van der Waals surface area contributed by atoms with Crippen LogP contribution in [0.15, 0.2) is 10.9 Å². The molecule has 0 saturated heterocycles. The smallest absolute Gasteiger partial charge is 0.353 e. The normalized spacial score (nSPS) is 39.7. The van der Waals surface area contributed by atoms with Crippen LogP contribution < -0.4 is 5.56 Å². The maximum Gasteiger partial charge on any atom is 0.353 e. The van der Waals surface area contributed by atoms with Crippen LogP contribution in [0.5, 0.6) is 0 Å². The molecule has 0 unspecified atom stereocenters. The number of carboxylic acid groups (broad SMARTS) is 1. The largest absolute Gasteiger partial charge is 0.477 e. The Balaban J connectivity index is 1.79. The summed E-state index contributed by atoms with van der Waals surface area (Å²) in [6.45, 7) is 0. The first-order valence-corrected chi connectivity index (χ1v) is 7.11. The van der Waals surface area contributed by atoms with E-state index >= 15 is 0 Å². The maximum absolute atomic E-state index is 12.1. The zero-order valence-corrected chi connectivity index (χ0v) is 10.8. The second kappa shape index (κ2) is 3.52. The Morgan fingerprint density at radius 3 is 2.16 bits per heavy atom. The lowest BCUT2D eigenvalue weighted by Crippen LogP contribution is -2.54. The van der Waals surface area contributed by atoms with Crippen LogP contribution in [0, 0.1) is 17.8 Å². The van der Waals surface area contributed by atoms with Gasteiger partial charge in [0.2, 0.25) is 0 Å². The Labute approximate surface area is 110 Å². The first-order valence-electron chi connectivity index (χ1n) is 7.11. The first-order chi connectivity index (χ1) is 9.06. The zero-order chi connectivity index (χ0) is 13.2. The van der Waals surface area contributed by atoms with Crippen molar-refractivity contribution in [3.63, 3.8) is 0 Å². The lowest BCUT2D eigenvalue weighted by atomic mass is 9.53. The summed E-state index contributed by atoms with van der Waals surface area (Å²) in [5.41, 5.74) is -0.292. The topological polar surface area (TPSA) is 75.1 Å². The Hall–Kier alpha value is -1.52. The van der Waals surface area contributed by atoms with E-state index in [9.17, 15) is 9.59 Å². The van der Waals surface area contributed by atoms with Crippen molar-refractivity contribution in [2.24, 2.45) is 17.8 Å². The molecule has 5 nitrogen and oxygen atoms in total. The standard InChI is InChI=1S/C14H18N2O3/c17-12-4-11(13(18)19)15-16(12)14-5-8-1-9(6-14)3-10(2-8)7-14/h4,8-10,15H,1-3,5-7H2,(H,18,19). The Kier molecular flexibility index (Phi) is 2.10. The minimum absolute atomic E-state index is 0.0146. The van der Waals surface area contributed by atoms with Gasteiger partial charge in [0.05, 0.1) is 5.54 Å². The summed E-state index contributed by atoms with van der Waals surface area (Å²) in [4.78, 5) is 23.1. The van der Waals surface area contributed by atoms with Gasteiger partial charge in [0.1, 0.15) is 5.69 Å². The van der Waals surface area contributed by atoms with Crippen molar-refractivity contribution in [2.45, 2.75) is 44.1 Å². The highest BCUT2D eigenvalue weighted by Crippen LogP contribution is 2.58. The van der Waals surface area contributed by atoms with Crippen molar-refractivity contribution in [1.29, 1.82) is 0 Å². The van der Waals surface area contributed by atoms with Gasteiger partial charge in [-0.05, 0) is 56.3 Å². The summed E-state index contributed by atoms with van der Waals surface area (Å²) in [6, 6.07) is 1.22. The van der Waals surface area contributed by atoms with Crippen LogP contribution in [0.2, 0.25) is 0 Å². The summed E-state index contributed by atoms with van der Waals surface area (Å²) >= 11 is 0. The number of nitrogens with zero attached hydrogens (tertiary/aromatic N) is 1. The Morgan fingerprint density at radius 2 is 1.74 bits per heavy atom. The molecule has 0 amide bonds. The summed E-state index contributed by atoms with van der Waals surface area (Å²) in [5, 5.41) is 11.9. The lowest BCUT2D eigenvalue weighted by molar-refractivity contribution is -0.0511. The SMILES string of the molecule is O=C(O)c1cc(=O)n(C23CC4CC(CC(C4)C2)C3)[nH]1. The molecular formula is C14H18N2O3. The Bertz CT molecular complexity index is 563. The molecule has 0 atom stereocenters. The molecule has 4 aliphatic rings. The summed E-state index contributed by atoms with van der Waals surface area (Å²) in [7, 11) is 0. The van der Waals surface area contributed by atoms with Crippen molar-refractivity contribution in [2.75, 3.05) is 0 Å². The molecule has 102 valence electrons. The van der Waals surface area contributed by atoms with E-state index in [0.717, 1.165) is 37.0 Å². The predicted molar refractivity (Wildman–Crippen MR) is 68.2 cm³/mol. The molecule has 4 fully saturated rings. The molecule has 0 spiro atoms. The van der Waals surface area contributed by atoms with Crippen LogP contribution in [0.3, 0.4) is 0 Å². The third-order valence-electron chi connectivity index (χ3n) is 5.43. The highest BCUT2D eigenvalue weighted by atomic mass is 16.4. The molecule has 1 aromatic rings. The molecule has 0 aromatic carbocycles. The van der Waals surface area contributed by atoms with Gasteiger partial charge < -0.3 is 5.11 Å². The van der Waals surface area contributed by atoms with Crippen LogP contribution in [0.25, 0.3) is 0 Å². The number of hydrogen-bond donors (Lipinski definition) is 2. The van der Waals surface area contributed by atoms with E-state index in [2.05, 4.69) is 5.10 Å². The number of carbonyl (C=O) groups is 1. The molecular weight excluding hydrogens is 244 g/mol. The van der Waals surface area contributed by atoms with Gasteiger partial charge in [0, 0.05) is 6.07 Å². The maximum atomic E-state index is 12.1. The van der Waals surface area contributed by atoms with Crippen LogP contribution in [-0.2, 0) is 5.54 Å². The van der Waals surface area contributed by atoms with Crippen molar-refractivity contribution in [1.82, 2.24) is 9.78 Å². The van der Waals surface area contributed by atoms with Crippen molar-refractivity contribution in [3.05, 3.63) is 22.1 Å². The number of nitrogens with one attached hydrogen (secondary N) is 1. The molecule has 1 aromatic heterocycles. The van der Waals surface area contributed by atoms with Gasteiger partial charge in [-0.3, -0.25) is 9.89 Å². The van der Waals surface area contributed by atoms with Gasteiger partial charge in [0.15, 0.2) is 0 Å². The summed E-state index contributed by atoms with van der Waals surface area (Å²) in [5.74, 6) is 1.14. The quantitative estimate of drug-likeness (QED) is 0.853. The second-order valence-corrected chi connectivity index (χ2v) is 6.79. The highest BCUT2D eigenvalue weighted by molar-refractivity contribution is 5.85. The molecule has 19 heavy (non-hydrogen) atoms. The fourth-order valence-corrected chi connectivity index (χ4v) is 5.20. The van der Waals surface area contributed by atoms with Gasteiger partial charge >= 0.3 is 5.97 Å². The number of hydrogen-bond acceptors (Lipinski definition) is 2. The fourth-order valence-electron chi connectivity index (χ4n) is 5.20. The molecule has 5 rings (SSSR count). The van der Waals surface area contributed by atoms with Crippen LogP contribution in [-0.4, -0.2) is 20.9 Å². The Morgan fingerprint density at radius 1 is 1.21 bits per heavy atom. The van der Waals surface area contributed by atoms with E-state index in [1.807, 2.05) is 0 Å². The zero-order valence-electron chi connectivity index (χ0n) is 10.8. The van der Waals surface area contributed by atoms with Crippen molar-refractivity contribution in [3.8, 4) is 0 Å². The molecule has 4 aliphatic carbocycles. The summed E-state index contributed by atoms with van der Waals surface area (Å²) < 4.78 is 1.64. The van der Waals surface area contributed by atoms with Gasteiger partial charge in [0.25, 0.3) is 5.56 Å². The highest BCUT2D eigenvalue weighted by Gasteiger charge is 2.52. The molecule has 1 heterocycles. The minimum Gasteiger partial charge on any atom is -0.477 e. The number of H-pyrrole nitrogens is 1. The predicted octanol–water partition coefficient (Wildman–Crippen LogP) is 1.80. The van der Waals surface area contributed by atoms with Crippen LogP contribution in [0.4, 0.5) is 0 Å². The van der Waals surface area contributed by atoms with E-state index < -0.39 is 5.97 Å². The molecule has 4 bridgehead atoms. The van der Waals surface area contributed by atoms with Gasteiger partial charge in [-0.25, -0.2) is 9.48 Å². The first kappa shape index (κ1) is 11.3. The van der Waals surface area contributed by atoms with E-state index in [1.54, 1.807) is 4.68 Å². The lowest BCUT2D eigenvalue weighted by Gasteiger charge is -2.56. The number of aromatic carboxylic acids is 1. The number of rotatable bonds is 2. The fraction of sp³-hybridized carbons (Fsp3) is 0.714. The monoisotopic (exact) mass is 262 g/mol. The van der Waals surface area contributed by atoms with Crippen molar-refractivity contribution < 1.29 is 9.90 Å². The van der Waals surface area contributed by atoms with E-state index in [4.69, 9.17) is 5.11 Å². The third kappa shape index (κ3) is 1.53. The van der Waals surface area contributed by atoms with Gasteiger partial charge in [-0.2, -0.15) is 0 Å². The average Bonchev–Trinajstić information content (AvgIpc) is 2.70.